The number of carbonyl (C=O) groups is 4. The van der Waals surface area contributed by atoms with Crippen LogP contribution in [0.5, 0.6) is 0 Å². The fraction of sp³-hybridized carbons (Fsp3) is 0.273. The summed E-state index contributed by atoms with van der Waals surface area (Å²) in [6, 6.07) is 10.4. The maximum absolute atomic E-state index is 12.9. The van der Waals surface area contributed by atoms with Gasteiger partial charge in [0.15, 0.2) is 0 Å². The number of nitrogens with one attached hydrogen (secondary N) is 1. The number of nitrogens with zero attached hydrogens (tertiary/aromatic N) is 1. The van der Waals surface area contributed by atoms with Crippen molar-refractivity contribution in [1.82, 2.24) is 10.2 Å². The lowest BCUT2D eigenvalue weighted by atomic mass is 10.0. The van der Waals surface area contributed by atoms with Crippen molar-refractivity contribution >= 4 is 35.3 Å². The van der Waals surface area contributed by atoms with E-state index in [1.54, 1.807) is 38.1 Å². The predicted molar refractivity (Wildman–Crippen MR) is 110 cm³/mol. The number of esters is 1. The number of benzene rings is 2. The van der Waals surface area contributed by atoms with Gasteiger partial charge in [0.2, 0.25) is 0 Å². The number of hydrogen-bond donors (Lipinski definition) is 1. The summed E-state index contributed by atoms with van der Waals surface area (Å²) in [5.74, 6) is -1.86. The van der Waals surface area contributed by atoms with Gasteiger partial charge < -0.3 is 10.1 Å². The van der Waals surface area contributed by atoms with E-state index < -0.39 is 29.7 Å². The largest absolute Gasteiger partial charge is 0.463 e. The Morgan fingerprint density at radius 2 is 1.73 bits per heavy atom. The average molecular weight is 429 g/mol. The second kappa shape index (κ2) is 8.67. The summed E-state index contributed by atoms with van der Waals surface area (Å²) in [6.07, 6.45) is -0.406. The van der Waals surface area contributed by atoms with E-state index in [-0.39, 0.29) is 29.2 Å². The molecule has 0 spiro atoms. The molecule has 3 rings (SSSR count). The average Bonchev–Trinajstić information content (AvgIpc) is 2.91. The molecule has 0 aliphatic carbocycles. The first-order valence-corrected chi connectivity index (χ1v) is 9.78. The minimum atomic E-state index is -0.731. The Kier molecular flexibility index (Phi) is 6.22. The van der Waals surface area contributed by atoms with Gasteiger partial charge in [-0.1, -0.05) is 29.8 Å². The Balaban J connectivity index is 1.87. The fourth-order valence-corrected chi connectivity index (χ4v) is 3.49. The monoisotopic (exact) mass is 428 g/mol. The zero-order valence-electron chi connectivity index (χ0n) is 16.8. The highest BCUT2D eigenvalue weighted by atomic mass is 35.5. The van der Waals surface area contributed by atoms with Gasteiger partial charge >= 0.3 is 5.97 Å². The Bertz CT molecular complexity index is 1030. The van der Waals surface area contributed by atoms with Crippen molar-refractivity contribution in [2.24, 2.45) is 0 Å². The Morgan fingerprint density at radius 3 is 2.40 bits per heavy atom. The van der Waals surface area contributed by atoms with Gasteiger partial charge in [0.1, 0.15) is 0 Å². The van der Waals surface area contributed by atoms with Gasteiger partial charge in [-0.05, 0) is 43.7 Å². The van der Waals surface area contributed by atoms with E-state index in [2.05, 4.69) is 5.32 Å². The molecule has 0 saturated carbocycles. The molecule has 0 radical (unpaired) electrons. The summed E-state index contributed by atoms with van der Waals surface area (Å²) in [6.45, 7) is 3.47. The van der Waals surface area contributed by atoms with Crippen molar-refractivity contribution in [3.63, 3.8) is 0 Å². The highest BCUT2D eigenvalue weighted by molar-refractivity contribution is 6.31. The van der Waals surface area contributed by atoms with Crippen molar-refractivity contribution in [1.29, 1.82) is 0 Å². The quantitative estimate of drug-likeness (QED) is 0.562. The first-order valence-electron chi connectivity index (χ1n) is 9.40. The smallest absolute Gasteiger partial charge is 0.308 e. The van der Waals surface area contributed by atoms with Crippen LogP contribution in [0.25, 0.3) is 0 Å². The molecule has 1 aliphatic rings. The third-order valence-corrected chi connectivity index (χ3v) is 5.02. The molecule has 0 fully saturated rings. The third-order valence-electron chi connectivity index (χ3n) is 4.68. The molecule has 0 bridgehead atoms. The second-order valence-corrected chi connectivity index (χ2v) is 7.63. The summed E-state index contributed by atoms with van der Waals surface area (Å²) >= 11 is 6.27. The van der Waals surface area contributed by atoms with Crippen LogP contribution in [0.2, 0.25) is 5.02 Å². The van der Waals surface area contributed by atoms with Gasteiger partial charge in [0, 0.05) is 17.6 Å². The predicted octanol–water partition coefficient (Wildman–Crippen LogP) is 3.38. The van der Waals surface area contributed by atoms with Crippen molar-refractivity contribution in [3.05, 3.63) is 69.7 Å². The maximum atomic E-state index is 12.9. The molecule has 0 aromatic heterocycles. The van der Waals surface area contributed by atoms with Gasteiger partial charge in [0.25, 0.3) is 17.7 Å². The lowest BCUT2D eigenvalue weighted by molar-refractivity contribution is -0.147. The van der Waals surface area contributed by atoms with Crippen LogP contribution in [-0.2, 0) is 9.53 Å². The van der Waals surface area contributed by atoms with Crippen molar-refractivity contribution in [2.75, 3.05) is 7.05 Å². The Morgan fingerprint density at radius 1 is 1.07 bits per heavy atom. The van der Waals surface area contributed by atoms with E-state index in [4.69, 9.17) is 16.3 Å². The molecule has 8 heteroatoms. The molecule has 1 aliphatic heterocycles. The normalized spacial score (nSPS) is 14.0. The number of carbonyl (C=O) groups excluding carboxylic acids is 4. The molecule has 156 valence electrons. The number of halogens is 1. The van der Waals surface area contributed by atoms with Crippen LogP contribution in [0.4, 0.5) is 0 Å². The first-order chi connectivity index (χ1) is 14.2. The summed E-state index contributed by atoms with van der Waals surface area (Å²) < 4.78 is 5.21. The van der Waals surface area contributed by atoms with E-state index in [0.717, 1.165) is 4.90 Å². The summed E-state index contributed by atoms with van der Waals surface area (Å²) in [5, 5.41) is 3.19. The van der Waals surface area contributed by atoms with E-state index in [9.17, 15) is 19.2 Å². The lowest BCUT2D eigenvalue weighted by Gasteiger charge is -2.20. The molecule has 2 aromatic carbocycles. The van der Waals surface area contributed by atoms with E-state index in [1.165, 1.54) is 25.2 Å². The molecular weight excluding hydrogens is 408 g/mol. The number of rotatable bonds is 6. The Labute approximate surface area is 179 Å². The van der Waals surface area contributed by atoms with Crippen LogP contribution in [0.3, 0.4) is 0 Å². The summed E-state index contributed by atoms with van der Waals surface area (Å²) in [7, 11) is 1.39. The van der Waals surface area contributed by atoms with E-state index >= 15 is 0 Å². The maximum Gasteiger partial charge on any atom is 0.308 e. The van der Waals surface area contributed by atoms with Crippen LogP contribution in [0, 0.1) is 0 Å². The van der Waals surface area contributed by atoms with Crippen LogP contribution in [-0.4, -0.2) is 41.7 Å². The van der Waals surface area contributed by atoms with Gasteiger partial charge in [-0.15, -0.1) is 0 Å². The van der Waals surface area contributed by atoms with E-state index in [1.807, 2.05) is 0 Å². The van der Waals surface area contributed by atoms with Crippen LogP contribution in [0.15, 0.2) is 42.5 Å². The lowest BCUT2D eigenvalue weighted by Crippen LogP contribution is -2.31. The molecule has 0 saturated heterocycles. The third kappa shape index (κ3) is 4.36. The highest BCUT2D eigenvalue weighted by Gasteiger charge is 2.33. The number of ether oxygens (including phenoxy) is 1. The van der Waals surface area contributed by atoms with Gasteiger partial charge in [-0.3, -0.25) is 24.1 Å². The molecule has 0 unspecified atom stereocenters. The summed E-state index contributed by atoms with van der Waals surface area (Å²) in [5.41, 5.74) is 1.19. The van der Waals surface area contributed by atoms with Gasteiger partial charge in [-0.2, -0.15) is 0 Å². The summed E-state index contributed by atoms with van der Waals surface area (Å²) in [4.78, 5) is 50.4. The topological polar surface area (TPSA) is 92.8 Å². The van der Waals surface area contributed by atoms with E-state index in [0.29, 0.717) is 10.6 Å². The highest BCUT2D eigenvalue weighted by Crippen LogP contribution is 2.27. The van der Waals surface area contributed by atoms with Crippen LogP contribution < -0.4 is 5.32 Å². The van der Waals surface area contributed by atoms with Gasteiger partial charge in [0.05, 0.1) is 29.7 Å². The molecule has 7 nitrogen and oxygen atoms in total. The SMILES string of the molecule is CC(C)OC(=O)C[C@@H](NC(=O)c1ccc2c(c1)C(=O)N(C)C2=O)c1ccccc1Cl. The minimum absolute atomic E-state index is 0.112. The first kappa shape index (κ1) is 21.5. The second-order valence-electron chi connectivity index (χ2n) is 7.22. The number of amides is 3. The molecule has 1 heterocycles. The molecule has 1 N–H and O–H groups in total. The molecule has 30 heavy (non-hydrogen) atoms. The zero-order chi connectivity index (χ0) is 22.0. The number of hydrogen-bond acceptors (Lipinski definition) is 5. The molecule has 1 atom stereocenters. The fourth-order valence-electron chi connectivity index (χ4n) is 3.22. The molecule has 2 aromatic rings. The molecule has 3 amide bonds. The number of imide groups is 1. The van der Waals surface area contributed by atoms with Crippen molar-refractivity contribution < 1.29 is 23.9 Å². The standard InChI is InChI=1S/C22H21ClN2O5/c1-12(2)30-19(26)11-18(15-6-4-5-7-17(15)23)24-20(27)13-8-9-14-16(10-13)22(29)25(3)21(14)28/h4-10,12,18H,11H2,1-3H3,(H,24,27)/t18-/m1/s1. The molecular formula is C22H21ClN2O5. The van der Waals surface area contributed by atoms with Crippen LogP contribution in [0.1, 0.15) is 62.9 Å². The van der Waals surface area contributed by atoms with Crippen molar-refractivity contribution in [3.8, 4) is 0 Å². The van der Waals surface area contributed by atoms with Gasteiger partial charge in [-0.25, -0.2) is 0 Å². The van der Waals surface area contributed by atoms with Crippen LogP contribution >= 0.6 is 11.6 Å². The number of fused-ring (bicyclic) bond motifs is 1. The minimum Gasteiger partial charge on any atom is -0.463 e. The Hall–Kier alpha value is -3.19. The zero-order valence-corrected chi connectivity index (χ0v) is 17.5. The van der Waals surface area contributed by atoms with Crippen molar-refractivity contribution in [2.45, 2.75) is 32.4 Å².